The number of carboxylic acids is 1. The molecule has 2 N–H and O–H groups in total. The van der Waals surface area contributed by atoms with E-state index in [4.69, 9.17) is 0 Å². The lowest BCUT2D eigenvalue weighted by molar-refractivity contribution is -0.149. The van der Waals surface area contributed by atoms with Crippen molar-refractivity contribution in [2.75, 3.05) is 5.75 Å². The Morgan fingerprint density at radius 2 is 2.14 bits per heavy atom. The number of nitrogens with one attached hydrogen (secondary N) is 1. The van der Waals surface area contributed by atoms with Gasteiger partial charge >= 0.3 is 5.97 Å². The molecule has 0 bridgehead atoms. The summed E-state index contributed by atoms with van der Waals surface area (Å²) in [5, 5.41) is 12.2. The zero-order valence-corrected chi connectivity index (χ0v) is 13.2. The van der Waals surface area contributed by atoms with Crippen LogP contribution in [0.2, 0.25) is 0 Å². The maximum absolute atomic E-state index is 12.1. The van der Waals surface area contributed by atoms with E-state index >= 15 is 0 Å². The van der Waals surface area contributed by atoms with Gasteiger partial charge in [-0.2, -0.15) is 0 Å². The average Bonchev–Trinajstić information content (AvgIpc) is 2.81. The van der Waals surface area contributed by atoms with Gasteiger partial charge in [-0.1, -0.05) is 24.6 Å². The third-order valence-corrected chi connectivity index (χ3v) is 5.41. The maximum Gasteiger partial charge on any atom is 0.311 e. The predicted molar refractivity (Wildman–Crippen MR) is 83.4 cm³/mol. The van der Waals surface area contributed by atoms with Gasteiger partial charge in [0.2, 0.25) is 5.91 Å². The van der Waals surface area contributed by atoms with E-state index in [9.17, 15) is 14.7 Å². The smallest absolute Gasteiger partial charge is 0.311 e. The van der Waals surface area contributed by atoms with Crippen molar-refractivity contribution >= 4 is 23.6 Å². The van der Waals surface area contributed by atoms with Crippen LogP contribution >= 0.6 is 11.8 Å². The van der Waals surface area contributed by atoms with E-state index in [-0.39, 0.29) is 11.9 Å². The molecule has 0 spiro atoms. The molecule has 1 saturated carbocycles. The molecule has 1 aromatic carbocycles. The lowest BCUT2D eigenvalue weighted by Gasteiger charge is -2.27. The summed E-state index contributed by atoms with van der Waals surface area (Å²) in [6.45, 7) is 3.74. The van der Waals surface area contributed by atoms with Crippen LogP contribution in [0.1, 0.15) is 31.7 Å². The maximum atomic E-state index is 12.1. The normalized spacial score (nSPS) is 24.8. The zero-order chi connectivity index (χ0) is 15.5. The number of aryl methyl sites for hydroxylation is 1. The van der Waals surface area contributed by atoms with E-state index in [1.54, 1.807) is 6.92 Å². The molecule has 2 rings (SSSR count). The Kier molecular flexibility index (Phi) is 4.93. The van der Waals surface area contributed by atoms with Gasteiger partial charge in [-0.25, -0.2) is 0 Å². The number of benzene rings is 1. The van der Waals surface area contributed by atoms with Crippen LogP contribution in [-0.2, 0) is 9.59 Å². The van der Waals surface area contributed by atoms with Gasteiger partial charge in [-0.3, -0.25) is 9.59 Å². The fourth-order valence-electron chi connectivity index (χ4n) is 2.75. The molecule has 21 heavy (non-hydrogen) atoms. The largest absolute Gasteiger partial charge is 0.481 e. The van der Waals surface area contributed by atoms with Crippen molar-refractivity contribution in [2.24, 2.45) is 5.41 Å². The predicted octanol–water partition coefficient (Wildman–Crippen LogP) is 2.85. The number of carbonyl (C=O) groups excluding carboxylic acids is 1. The number of thioether (sulfide) groups is 1. The van der Waals surface area contributed by atoms with Crippen molar-refractivity contribution in [3.8, 4) is 0 Å². The van der Waals surface area contributed by atoms with Gasteiger partial charge in [0.1, 0.15) is 0 Å². The Bertz CT molecular complexity index is 546. The Morgan fingerprint density at radius 3 is 2.81 bits per heavy atom. The van der Waals surface area contributed by atoms with Crippen LogP contribution in [0.25, 0.3) is 0 Å². The van der Waals surface area contributed by atoms with Gasteiger partial charge in [0.15, 0.2) is 0 Å². The summed E-state index contributed by atoms with van der Waals surface area (Å²) in [6, 6.07) is 7.66. The second-order valence-corrected chi connectivity index (χ2v) is 6.81. The summed E-state index contributed by atoms with van der Waals surface area (Å²) in [5.41, 5.74) is 0.315. The molecular formula is C16H21NO3S. The van der Waals surface area contributed by atoms with Crippen LogP contribution < -0.4 is 5.32 Å². The fourth-order valence-corrected chi connectivity index (χ4v) is 3.59. The Morgan fingerprint density at radius 1 is 1.43 bits per heavy atom. The van der Waals surface area contributed by atoms with E-state index < -0.39 is 11.4 Å². The number of amides is 1. The number of aliphatic carboxylic acids is 1. The number of hydrogen-bond donors (Lipinski definition) is 2. The van der Waals surface area contributed by atoms with Crippen molar-refractivity contribution in [3.05, 3.63) is 29.8 Å². The molecule has 1 amide bonds. The Labute approximate surface area is 129 Å². The van der Waals surface area contributed by atoms with Gasteiger partial charge in [0, 0.05) is 10.9 Å². The molecule has 0 aromatic heterocycles. The number of hydrogen-bond acceptors (Lipinski definition) is 3. The second-order valence-electron chi connectivity index (χ2n) is 5.79. The highest BCUT2D eigenvalue weighted by atomic mass is 32.2. The summed E-state index contributed by atoms with van der Waals surface area (Å²) >= 11 is 1.49. The third kappa shape index (κ3) is 3.59. The summed E-state index contributed by atoms with van der Waals surface area (Å²) in [4.78, 5) is 24.5. The van der Waals surface area contributed by atoms with Gasteiger partial charge in [-0.15, -0.1) is 11.8 Å². The number of carboxylic acid groups (broad SMARTS) is 1. The second kappa shape index (κ2) is 6.52. The van der Waals surface area contributed by atoms with Gasteiger partial charge < -0.3 is 10.4 Å². The highest BCUT2D eigenvalue weighted by molar-refractivity contribution is 8.00. The first-order valence-electron chi connectivity index (χ1n) is 7.14. The van der Waals surface area contributed by atoms with Crippen molar-refractivity contribution in [3.63, 3.8) is 0 Å². The van der Waals surface area contributed by atoms with Crippen LogP contribution in [0.3, 0.4) is 0 Å². The van der Waals surface area contributed by atoms with Crippen LogP contribution in [0.15, 0.2) is 29.2 Å². The number of rotatable bonds is 5. The Hall–Kier alpha value is -1.49. The lowest BCUT2D eigenvalue weighted by atomic mass is 9.85. The molecule has 1 aliphatic rings. The van der Waals surface area contributed by atoms with E-state index in [1.807, 2.05) is 31.2 Å². The minimum absolute atomic E-state index is 0.0948. The molecule has 0 radical (unpaired) electrons. The molecule has 1 fully saturated rings. The summed E-state index contributed by atoms with van der Waals surface area (Å²) in [7, 11) is 0. The summed E-state index contributed by atoms with van der Waals surface area (Å²) in [6.07, 6.45) is 2.21. The van der Waals surface area contributed by atoms with E-state index in [0.717, 1.165) is 23.3 Å². The standard InChI is InChI=1S/C16H21NO3S/c1-11-6-3-4-7-12(11)21-10-14(18)17-13-8-5-9-16(13,2)15(19)20/h3-4,6-7,13H,5,8-10H2,1-2H3,(H,17,18)(H,19,20). The van der Waals surface area contributed by atoms with Gasteiger partial charge in [0.25, 0.3) is 0 Å². The molecule has 114 valence electrons. The third-order valence-electron chi connectivity index (χ3n) is 4.23. The first-order valence-corrected chi connectivity index (χ1v) is 8.13. The van der Waals surface area contributed by atoms with Crippen LogP contribution in [0.4, 0.5) is 0 Å². The summed E-state index contributed by atoms with van der Waals surface area (Å²) < 4.78 is 0. The SMILES string of the molecule is Cc1ccccc1SCC(=O)NC1CCCC1(C)C(=O)O. The highest BCUT2D eigenvalue weighted by Crippen LogP contribution is 2.38. The molecule has 0 saturated heterocycles. The van der Waals surface area contributed by atoms with Crippen molar-refractivity contribution in [1.29, 1.82) is 0 Å². The first kappa shape index (κ1) is 15.9. The molecule has 0 heterocycles. The number of carbonyl (C=O) groups is 2. The quantitative estimate of drug-likeness (QED) is 0.821. The van der Waals surface area contributed by atoms with Crippen molar-refractivity contribution < 1.29 is 14.7 Å². The fraction of sp³-hybridized carbons (Fsp3) is 0.500. The van der Waals surface area contributed by atoms with Crippen LogP contribution in [0, 0.1) is 12.3 Å². The molecule has 4 nitrogen and oxygen atoms in total. The molecule has 1 aromatic rings. The topological polar surface area (TPSA) is 66.4 Å². The van der Waals surface area contributed by atoms with Crippen molar-refractivity contribution in [2.45, 2.75) is 44.0 Å². The van der Waals surface area contributed by atoms with E-state index in [1.165, 1.54) is 11.8 Å². The molecular weight excluding hydrogens is 286 g/mol. The average molecular weight is 307 g/mol. The monoisotopic (exact) mass is 307 g/mol. The van der Waals surface area contributed by atoms with E-state index in [2.05, 4.69) is 5.32 Å². The highest BCUT2D eigenvalue weighted by Gasteiger charge is 2.45. The van der Waals surface area contributed by atoms with Gasteiger partial charge in [-0.05, 0) is 38.3 Å². The lowest BCUT2D eigenvalue weighted by Crippen LogP contribution is -2.47. The Balaban J connectivity index is 1.90. The summed E-state index contributed by atoms with van der Waals surface area (Å²) in [5.74, 6) is -0.601. The van der Waals surface area contributed by atoms with E-state index in [0.29, 0.717) is 12.2 Å². The molecule has 0 aliphatic heterocycles. The zero-order valence-electron chi connectivity index (χ0n) is 12.4. The van der Waals surface area contributed by atoms with Crippen LogP contribution in [-0.4, -0.2) is 28.8 Å². The molecule has 2 atom stereocenters. The van der Waals surface area contributed by atoms with Crippen LogP contribution in [0.5, 0.6) is 0 Å². The first-order chi connectivity index (χ1) is 9.93. The molecule has 1 aliphatic carbocycles. The molecule has 5 heteroatoms. The van der Waals surface area contributed by atoms with Crippen molar-refractivity contribution in [1.82, 2.24) is 5.32 Å². The molecule has 2 unspecified atom stereocenters. The van der Waals surface area contributed by atoms with Gasteiger partial charge in [0.05, 0.1) is 11.2 Å². The minimum atomic E-state index is -0.830. The minimum Gasteiger partial charge on any atom is -0.481 e.